The molecule has 1 saturated carbocycles. The van der Waals surface area contributed by atoms with E-state index in [-0.39, 0.29) is 52.3 Å². The van der Waals surface area contributed by atoms with Crippen LogP contribution in [0.1, 0.15) is 42.1 Å². The highest BCUT2D eigenvalue weighted by Crippen LogP contribution is 2.43. The van der Waals surface area contributed by atoms with E-state index >= 15 is 0 Å². The van der Waals surface area contributed by atoms with E-state index in [1.807, 2.05) is 0 Å². The van der Waals surface area contributed by atoms with Crippen molar-refractivity contribution in [2.75, 3.05) is 42.8 Å². The number of aliphatic carboxylic acids is 4. The second kappa shape index (κ2) is 15.7. The third-order valence-corrected chi connectivity index (χ3v) is 8.36. The number of nitro benzene ring substituents is 1. The minimum absolute atomic E-state index is 0.0388. The minimum Gasteiger partial charge on any atom is -0.484 e. The Morgan fingerprint density at radius 2 is 1.27 bits per heavy atom. The highest BCUT2D eigenvalue weighted by molar-refractivity contribution is 5.82. The van der Waals surface area contributed by atoms with Crippen LogP contribution < -0.4 is 28.7 Å². The fourth-order valence-electron chi connectivity index (χ4n) is 6.13. The lowest BCUT2D eigenvalue weighted by Gasteiger charge is -2.30. The number of benzene rings is 3. The van der Waals surface area contributed by atoms with Crippen molar-refractivity contribution >= 4 is 40.9 Å². The van der Waals surface area contributed by atoms with Gasteiger partial charge in [0.25, 0.3) is 5.69 Å². The quantitative estimate of drug-likeness (QED) is 0.0989. The molecule has 1 aliphatic carbocycles. The van der Waals surface area contributed by atoms with Gasteiger partial charge in [0.05, 0.1) is 27.9 Å². The molecule has 18 nitrogen and oxygen atoms in total. The summed E-state index contributed by atoms with van der Waals surface area (Å²) in [5, 5.41) is 61.5. The number of aliphatic hydroxyl groups excluding tert-OH is 1. The van der Waals surface area contributed by atoms with Crippen LogP contribution in [0, 0.1) is 17.0 Å². The average molecular weight is 726 g/mol. The number of carboxylic acids is 4. The van der Waals surface area contributed by atoms with Crippen LogP contribution in [-0.2, 0) is 19.2 Å². The van der Waals surface area contributed by atoms with Gasteiger partial charge in [0.15, 0.2) is 11.5 Å². The molecule has 1 heterocycles. The van der Waals surface area contributed by atoms with Crippen molar-refractivity contribution in [3.05, 3.63) is 75.3 Å². The molecule has 3 aromatic rings. The number of aliphatic hydroxyl groups is 1. The zero-order valence-corrected chi connectivity index (χ0v) is 27.7. The van der Waals surface area contributed by atoms with Crippen molar-refractivity contribution in [2.24, 2.45) is 0 Å². The monoisotopic (exact) mass is 725 g/mol. The molecule has 52 heavy (non-hydrogen) atoms. The second-order valence-corrected chi connectivity index (χ2v) is 12.2. The first-order valence-electron chi connectivity index (χ1n) is 15.9. The van der Waals surface area contributed by atoms with Gasteiger partial charge in [0.2, 0.25) is 6.79 Å². The number of nitrogens with zero attached hydrogens (tertiary/aromatic N) is 3. The molecule has 0 amide bonds. The number of hydrogen-bond donors (Lipinski definition) is 5. The van der Waals surface area contributed by atoms with Crippen molar-refractivity contribution in [3.8, 4) is 23.0 Å². The summed E-state index contributed by atoms with van der Waals surface area (Å²) >= 11 is 0. The number of anilines is 2. The average Bonchev–Trinajstić information content (AvgIpc) is 3.71. The van der Waals surface area contributed by atoms with Crippen molar-refractivity contribution in [1.29, 1.82) is 0 Å². The Morgan fingerprint density at radius 3 is 1.77 bits per heavy atom. The van der Waals surface area contributed by atoms with Crippen LogP contribution in [0.5, 0.6) is 23.0 Å². The van der Waals surface area contributed by atoms with E-state index in [0.717, 1.165) is 21.4 Å². The molecule has 3 atom stereocenters. The molecule has 1 fully saturated rings. The summed E-state index contributed by atoms with van der Waals surface area (Å²) in [7, 11) is 0. The van der Waals surface area contributed by atoms with Gasteiger partial charge in [-0.05, 0) is 67.6 Å². The number of ether oxygens (including phenoxy) is 4. The first-order chi connectivity index (χ1) is 24.7. The van der Waals surface area contributed by atoms with E-state index in [1.54, 1.807) is 25.1 Å². The Bertz CT molecular complexity index is 1850. The van der Waals surface area contributed by atoms with Gasteiger partial charge in [0, 0.05) is 0 Å². The molecule has 1 unspecified atom stereocenters. The summed E-state index contributed by atoms with van der Waals surface area (Å²) in [6.07, 6.45) is -1.68. The van der Waals surface area contributed by atoms with Crippen molar-refractivity contribution in [2.45, 2.75) is 44.5 Å². The highest BCUT2D eigenvalue weighted by atomic mass is 16.7. The van der Waals surface area contributed by atoms with E-state index < -0.39 is 79.0 Å². The number of rotatable bonds is 17. The van der Waals surface area contributed by atoms with E-state index in [1.165, 1.54) is 24.3 Å². The van der Waals surface area contributed by atoms with Crippen LogP contribution >= 0.6 is 0 Å². The topological polar surface area (TPSA) is 256 Å². The number of fused-ring (bicyclic) bond motifs is 1. The highest BCUT2D eigenvalue weighted by Gasteiger charge is 2.35. The van der Waals surface area contributed by atoms with Crippen LogP contribution in [0.2, 0.25) is 0 Å². The van der Waals surface area contributed by atoms with Crippen LogP contribution in [0.15, 0.2) is 48.5 Å². The van der Waals surface area contributed by atoms with Crippen LogP contribution in [0.3, 0.4) is 0 Å². The second-order valence-electron chi connectivity index (χ2n) is 12.2. The maximum atomic E-state index is 12.0. The number of aryl methyl sites for hydroxylation is 1. The summed E-state index contributed by atoms with van der Waals surface area (Å²) in [5.74, 6) is -4.76. The minimum atomic E-state index is -1.63. The predicted molar refractivity (Wildman–Crippen MR) is 179 cm³/mol. The summed E-state index contributed by atoms with van der Waals surface area (Å²) in [4.78, 5) is 60.2. The first kappa shape index (κ1) is 37.0. The summed E-state index contributed by atoms with van der Waals surface area (Å²) < 4.78 is 23.4. The molecule has 1 aliphatic heterocycles. The number of carbonyl (C=O) groups is 4. The zero-order chi connectivity index (χ0) is 37.7. The van der Waals surface area contributed by atoms with Gasteiger partial charge in [0.1, 0.15) is 56.0 Å². The molecule has 0 radical (unpaired) electrons. The molecule has 0 saturated heterocycles. The molecular formula is C34H35N3O15. The first-order valence-corrected chi connectivity index (χ1v) is 15.9. The molecule has 5 rings (SSSR count). The fraction of sp³-hybridized carbons (Fsp3) is 0.353. The third-order valence-electron chi connectivity index (χ3n) is 8.36. The van der Waals surface area contributed by atoms with E-state index in [9.17, 15) is 54.8 Å². The predicted octanol–water partition coefficient (Wildman–Crippen LogP) is 3.04. The molecule has 276 valence electrons. The lowest BCUT2D eigenvalue weighted by atomic mass is 9.98. The molecule has 5 N–H and O–H groups in total. The van der Waals surface area contributed by atoms with E-state index in [4.69, 9.17) is 18.9 Å². The standard InChI is InChI=1S/C34H35N3O15/c1-18-5-7-21(35(13-30(38)39)14-31(40)41)26(9-18)51-24-3-2-4-25(24)52-27-10-19(6-8-22(27)36(15-32(42)43)16-33(44)45)34(46)20-11-28-29(50-17-49-28)12-23(20)37(47)48/h5-12,24-25,34,46H,2-4,13-17H2,1H3,(H,38,39)(H,40,41)(H,42,43)(H,44,45)/t24-,25+,34?/m1/s1. The van der Waals surface area contributed by atoms with Gasteiger partial charge in [-0.2, -0.15) is 0 Å². The van der Waals surface area contributed by atoms with Gasteiger partial charge in [-0.1, -0.05) is 12.1 Å². The maximum Gasteiger partial charge on any atom is 0.323 e. The molecule has 18 heteroatoms. The van der Waals surface area contributed by atoms with Crippen molar-refractivity contribution in [3.63, 3.8) is 0 Å². The Morgan fingerprint density at radius 1 is 0.788 bits per heavy atom. The lowest BCUT2D eigenvalue weighted by Crippen LogP contribution is -2.37. The van der Waals surface area contributed by atoms with Crippen molar-refractivity contribution in [1.82, 2.24) is 0 Å². The number of hydrogen-bond acceptors (Lipinski definition) is 13. The Kier molecular flexibility index (Phi) is 11.2. The lowest BCUT2D eigenvalue weighted by molar-refractivity contribution is -0.386. The maximum absolute atomic E-state index is 12.0. The van der Waals surface area contributed by atoms with Crippen LogP contribution in [0.4, 0.5) is 17.1 Å². The Hall–Kier alpha value is -6.30. The Labute approximate surface area is 295 Å². The van der Waals surface area contributed by atoms with Gasteiger partial charge in [-0.15, -0.1) is 0 Å². The largest absolute Gasteiger partial charge is 0.484 e. The fourth-order valence-corrected chi connectivity index (χ4v) is 6.13. The zero-order valence-electron chi connectivity index (χ0n) is 27.7. The van der Waals surface area contributed by atoms with Crippen LogP contribution in [-0.4, -0.2) is 99.5 Å². The number of carboxylic acid groups (broad SMARTS) is 4. The van der Waals surface area contributed by atoms with Gasteiger partial charge < -0.3 is 54.3 Å². The molecule has 0 aromatic heterocycles. The molecular weight excluding hydrogens is 690 g/mol. The van der Waals surface area contributed by atoms with Gasteiger partial charge in [-0.25, -0.2) is 0 Å². The smallest absolute Gasteiger partial charge is 0.323 e. The normalized spacial score (nSPS) is 16.5. The van der Waals surface area contributed by atoms with Crippen LogP contribution in [0.25, 0.3) is 0 Å². The van der Waals surface area contributed by atoms with Crippen molar-refractivity contribution < 1.29 is 68.6 Å². The van der Waals surface area contributed by atoms with E-state index in [2.05, 4.69) is 0 Å². The number of nitro groups is 1. The SMILES string of the molecule is Cc1ccc(N(CC(=O)O)CC(=O)O)c(O[C@@H]2CCC[C@@H]2Oc2cc(C(O)c3cc4c(cc3[N+](=O)[O-])OCO4)ccc2N(CC(=O)O)CC(=O)O)c1. The van der Waals surface area contributed by atoms with Gasteiger partial charge >= 0.3 is 23.9 Å². The summed E-state index contributed by atoms with van der Waals surface area (Å²) in [5.41, 5.74) is 0.477. The van der Waals surface area contributed by atoms with Gasteiger partial charge in [-0.3, -0.25) is 29.3 Å². The Balaban J connectivity index is 1.53. The molecule has 3 aromatic carbocycles. The molecule has 0 spiro atoms. The third kappa shape index (κ3) is 8.70. The summed E-state index contributed by atoms with van der Waals surface area (Å²) in [6.45, 7) is -1.13. The molecule has 0 bridgehead atoms. The van der Waals surface area contributed by atoms with E-state index in [0.29, 0.717) is 19.3 Å². The summed E-state index contributed by atoms with van der Waals surface area (Å²) in [6, 6.07) is 11.3. The molecule has 2 aliphatic rings.